The Labute approximate surface area is 131 Å². The minimum atomic E-state index is 0.690. The largest absolute Gasteiger partial charge is 0.262 e. The lowest BCUT2D eigenvalue weighted by Gasteiger charge is -2.57. The number of hydrogen-bond donors (Lipinski definition) is 1. The van der Waals surface area contributed by atoms with Gasteiger partial charge in [-0.3, -0.25) is 5.10 Å². The average Bonchev–Trinajstić information content (AvgIpc) is 3.17. The predicted octanol–water partition coefficient (Wildman–Crippen LogP) is 4.38. The number of hydrogen-bond acceptors (Lipinski definition) is 3. The second-order valence-electron chi connectivity index (χ2n) is 8.29. The molecule has 5 aliphatic carbocycles. The molecule has 0 atom stereocenters. The molecule has 0 unspecified atom stereocenters. The highest BCUT2D eigenvalue weighted by atomic mass is 32.2. The monoisotopic (exact) mass is 303 g/mol. The zero-order valence-corrected chi connectivity index (χ0v) is 13.5. The van der Waals surface area contributed by atoms with Crippen LogP contribution < -0.4 is 0 Å². The fourth-order valence-electron chi connectivity index (χ4n) is 5.82. The van der Waals surface area contributed by atoms with E-state index in [0.717, 1.165) is 28.7 Å². The average molecular weight is 303 g/mol. The molecule has 4 bridgehead atoms. The molecule has 0 saturated heterocycles. The quantitative estimate of drug-likeness (QED) is 0.821. The lowest BCUT2D eigenvalue weighted by atomic mass is 9.49. The molecule has 1 N–H and O–H groups in total. The van der Waals surface area contributed by atoms with E-state index in [-0.39, 0.29) is 0 Å². The summed E-state index contributed by atoms with van der Waals surface area (Å²) in [6.07, 6.45) is 13.2. The summed E-state index contributed by atoms with van der Waals surface area (Å²) >= 11 is 1.88. The number of rotatable bonds is 5. The lowest BCUT2D eigenvalue weighted by Crippen LogP contribution is -2.46. The molecule has 5 saturated carbocycles. The van der Waals surface area contributed by atoms with Crippen molar-refractivity contribution in [3.05, 3.63) is 5.82 Å². The van der Waals surface area contributed by atoms with Crippen molar-refractivity contribution in [3.8, 4) is 0 Å². The topological polar surface area (TPSA) is 41.6 Å². The first-order valence-corrected chi connectivity index (χ1v) is 9.82. The first-order valence-electron chi connectivity index (χ1n) is 8.83. The highest BCUT2D eigenvalue weighted by molar-refractivity contribution is 7.99. The standard InChI is InChI=1S/C17H25N3S/c1-2-14(1)15-18-16(20-19-15)21-4-3-17-8-11-5-12(9-17)7-13(6-11)10-17/h11-14H,1-10H2,(H,18,19,20). The second kappa shape index (κ2) is 4.74. The molecule has 0 radical (unpaired) electrons. The Bertz CT molecular complexity index is 499. The third kappa shape index (κ3) is 2.43. The minimum absolute atomic E-state index is 0.690. The van der Waals surface area contributed by atoms with E-state index in [9.17, 15) is 0 Å². The maximum atomic E-state index is 4.65. The molecule has 1 heterocycles. The summed E-state index contributed by atoms with van der Waals surface area (Å²) in [5.74, 6) is 6.26. The molecule has 114 valence electrons. The molecule has 0 amide bonds. The van der Waals surface area contributed by atoms with E-state index < -0.39 is 0 Å². The van der Waals surface area contributed by atoms with Crippen molar-refractivity contribution >= 4 is 11.8 Å². The molecule has 0 spiro atoms. The smallest absolute Gasteiger partial charge is 0.208 e. The number of thioether (sulfide) groups is 1. The van der Waals surface area contributed by atoms with E-state index in [0.29, 0.717) is 11.3 Å². The van der Waals surface area contributed by atoms with Gasteiger partial charge in [0.25, 0.3) is 0 Å². The summed E-state index contributed by atoms with van der Waals surface area (Å²) in [6, 6.07) is 0. The zero-order valence-electron chi connectivity index (χ0n) is 12.7. The van der Waals surface area contributed by atoms with E-state index in [1.54, 1.807) is 19.3 Å². The molecule has 4 heteroatoms. The zero-order chi connectivity index (χ0) is 13.9. The van der Waals surface area contributed by atoms with Crippen LogP contribution in [0.25, 0.3) is 0 Å². The number of aromatic amines is 1. The second-order valence-corrected chi connectivity index (χ2v) is 9.36. The van der Waals surface area contributed by atoms with Crippen LogP contribution in [0.5, 0.6) is 0 Å². The van der Waals surface area contributed by atoms with Crippen molar-refractivity contribution in [2.75, 3.05) is 5.75 Å². The Balaban J connectivity index is 1.20. The summed E-state index contributed by atoms with van der Waals surface area (Å²) in [7, 11) is 0. The molecular formula is C17H25N3S. The van der Waals surface area contributed by atoms with Crippen LogP contribution in [0, 0.1) is 23.2 Å². The Morgan fingerprint density at radius 2 is 1.71 bits per heavy atom. The van der Waals surface area contributed by atoms with Crippen LogP contribution in [0.4, 0.5) is 0 Å². The van der Waals surface area contributed by atoms with Crippen molar-refractivity contribution in [3.63, 3.8) is 0 Å². The van der Waals surface area contributed by atoms with Gasteiger partial charge in [-0.2, -0.15) is 0 Å². The van der Waals surface area contributed by atoms with Crippen LogP contribution in [0.2, 0.25) is 0 Å². The van der Waals surface area contributed by atoms with Gasteiger partial charge in [0.15, 0.2) is 0 Å². The molecule has 0 aliphatic heterocycles. The summed E-state index contributed by atoms with van der Waals surface area (Å²) in [6.45, 7) is 0. The van der Waals surface area contributed by atoms with Crippen LogP contribution in [0.1, 0.15) is 69.5 Å². The van der Waals surface area contributed by atoms with Crippen molar-refractivity contribution in [1.29, 1.82) is 0 Å². The Morgan fingerprint density at radius 3 is 2.33 bits per heavy atom. The maximum absolute atomic E-state index is 4.65. The fraction of sp³-hybridized carbons (Fsp3) is 0.882. The van der Waals surface area contributed by atoms with Gasteiger partial charge in [0, 0.05) is 11.7 Å². The Kier molecular flexibility index (Phi) is 2.93. The van der Waals surface area contributed by atoms with Gasteiger partial charge in [-0.1, -0.05) is 11.8 Å². The number of H-pyrrole nitrogens is 1. The summed E-state index contributed by atoms with van der Waals surface area (Å²) in [4.78, 5) is 4.65. The molecule has 3 nitrogen and oxygen atoms in total. The van der Waals surface area contributed by atoms with Crippen molar-refractivity contribution in [1.82, 2.24) is 15.2 Å². The fourth-order valence-corrected chi connectivity index (χ4v) is 6.81. The van der Waals surface area contributed by atoms with Gasteiger partial charge in [0.05, 0.1) is 0 Å². The van der Waals surface area contributed by atoms with Crippen molar-refractivity contribution in [2.45, 2.75) is 68.9 Å². The van der Waals surface area contributed by atoms with Crippen molar-refractivity contribution < 1.29 is 0 Å². The molecule has 5 fully saturated rings. The number of nitrogens with zero attached hydrogens (tertiary/aromatic N) is 2. The SMILES string of the molecule is C(CC12CC3CC(CC(C3)C1)C2)Sc1n[nH]c(C2CC2)n1. The van der Waals surface area contributed by atoms with Gasteiger partial charge < -0.3 is 0 Å². The van der Waals surface area contributed by atoms with E-state index in [1.165, 1.54) is 44.3 Å². The summed E-state index contributed by atoms with van der Waals surface area (Å²) in [5.41, 5.74) is 0.706. The van der Waals surface area contributed by atoms with Gasteiger partial charge in [-0.15, -0.1) is 5.10 Å². The molecule has 1 aromatic heterocycles. The van der Waals surface area contributed by atoms with Crippen LogP contribution >= 0.6 is 11.8 Å². The Morgan fingerprint density at radius 1 is 1.05 bits per heavy atom. The molecule has 21 heavy (non-hydrogen) atoms. The highest BCUT2D eigenvalue weighted by Gasteiger charge is 2.50. The first-order chi connectivity index (χ1) is 10.3. The summed E-state index contributed by atoms with van der Waals surface area (Å²) in [5, 5.41) is 8.51. The van der Waals surface area contributed by atoms with E-state index in [4.69, 9.17) is 0 Å². The third-order valence-electron chi connectivity index (χ3n) is 6.47. The molecule has 6 rings (SSSR count). The molecule has 1 aromatic rings. The van der Waals surface area contributed by atoms with E-state index >= 15 is 0 Å². The van der Waals surface area contributed by atoms with Crippen molar-refractivity contribution in [2.24, 2.45) is 23.2 Å². The molecule has 5 aliphatic rings. The van der Waals surface area contributed by atoms with Gasteiger partial charge in [0.1, 0.15) is 5.82 Å². The predicted molar refractivity (Wildman–Crippen MR) is 84.3 cm³/mol. The highest BCUT2D eigenvalue weighted by Crippen LogP contribution is 2.61. The van der Waals surface area contributed by atoms with Gasteiger partial charge >= 0.3 is 0 Å². The molecular weight excluding hydrogens is 278 g/mol. The van der Waals surface area contributed by atoms with Crippen LogP contribution in [-0.4, -0.2) is 20.9 Å². The van der Waals surface area contributed by atoms with Crippen LogP contribution in [0.15, 0.2) is 5.16 Å². The van der Waals surface area contributed by atoms with E-state index in [2.05, 4.69) is 15.2 Å². The normalized spacial score (nSPS) is 40.9. The van der Waals surface area contributed by atoms with Crippen LogP contribution in [0.3, 0.4) is 0 Å². The van der Waals surface area contributed by atoms with Gasteiger partial charge in [-0.25, -0.2) is 4.98 Å². The Hall–Kier alpha value is -0.510. The van der Waals surface area contributed by atoms with Crippen LogP contribution in [-0.2, 0) is 0 Å². The third-order valence-corrected chi connectivity index (χ3v) is 7.32. The number of nitrogens with one attached hydrogen (secondary N) is 1. The van der Waals surface area contributed by atoms with E-state index in [1.807, 2.05) is 11.8 Å². The minimum Gasteiger partial charge on any atom is -0.262 e. The number of aromatic nitrogens is 3. The molecule has 0 aromatic carbocycles. The lowest BCUT2D eigenvalue weighted by molar-refractivity contribution is -0.0538. The first kappa shape index (κ1) is 13.0. The maximum Gasteiger partial charge on any atom is 0.208 e. The summed E-state index contributed by atoms with van der Waals surface area (Å²) < 4.78 is 0. The van der Waals surface area contributed by atoms with Gasteiger partial charge in [-0.05, 0) is 81.0 Å². The van der Waals surface area contributed by atoms with Gasteiger partial charge in [0.2, 0.25) is 5.16 Å².